The molecular formula is C20H25FN3O+. The van der Waals surface area contributed by atoms with E-state index in [1.807, 2.05) is 17.9 Å². The van der Waals surface area contributed by atoms with Gasteiger partial charge in [0.1, 0.15) is 18.4 Å². The number of quaternary nitrogens is 1. The van der Waals surface area contributed by atoms with Crippen molar-refractivity contribution in [3.05, 3.63) is 66.0 Å². The van der Waals surface area contributed by atoms with Gasteiger partial charge in [0.25, 0.3) is 0 Å². The molecule has 2 aromatic rings. The summed E-state index contributed by atoms with van der Waals surface area (Å²) in [5.41, 5.74) is 2.10. The number of anilines is 1. The Morgan fingerprint density at radius 3 is 2.40 bits per heavy atom. The van der Waals surface area contributed by atoms with Crippen LogP contribution in [0.1, 0.15) is 12.5 Å². The lowest BCUT2D eigenvalue weighted by atomic mass is 10.2. The van der Waals surface area contributed by atoms with E-state index in [2.05, 4.69) is 29.6 Å². The lowest BCUT2D eigenvalue weighted by molar-refractivity contribution is -0.917. The number of benzene rings is 2. The Hall–Kier alpha value is -2.40. The minimum absolute atomic E-state index is 0.100. The van der Waals surface area contributed by atoms with Gasteiger partial charge in [0, 0.05) is 11.3 Å². The van der Waals surface area contributed by atoms with Crippen molar-refractivity contribution in [1.29, 1.82) is 0 Å². The molecule has 3 rings (SSSR count). The van der Waals surface area contributed by atoms with Crippen LogP contribution in [0.3, 0.4) is 0 Å². The normalized spacial score (nSPS) is 16.5. The fraction of sp³-hybridized carbons (Fsp3) is 0.350. The van der Waals surface area contributed by atoms with Gasteiger partial charge >= 0.3 is 0 Å². The third-order valence-corrected chi connectivity index (χ3v) is 4.68. The lowest BCUT2D eigenvalue weighted by Gasteiger charge is -2.34. The van der Waals surface area contributed by atoms with E-state index < -0.39 is 0 Å². The Labute approximate surface area is 148 Å². The molecule has 0 radical (unpaired) electrons. The van der Waals surface area contributed by atoms with Gasteiger partial charge in [0.05, 0.1) is 26.2 Å². The van der Waals surface area contributed by atoms with Crippen LogP contribution in [0.25, 0.3) is 0 Å². The molecule has 1 saturated heterocycles. The number of amides is 1. The van der Waals surface area contributed by atoms with Crippen molar-refractivity contribution in [2.24, 2.45) is 0 Å². The molecule has 132 valence electrons. The smallest absolute Gasteiger partial charge is 0.245 e. The molecule has 1 fully saturated rings. The third kappa shape index (κ3) is 4.79. The van der Waals surface area contributed by atoms with E-state index in [1.165, 1.54) is 22.6 Å². The first-order valence-corrected chi connectivity index (χ1v) is 8.80. The van der Waals surface area contributed by atoms with E-state index in [4.69, 9.17) is 0 Å². The number of nitrogens with one attached hydrogen (secondary N) is 2. The van der Waals surface area contributed by atoms with Gasteiger partial charge in [-0.05, 0) is 31.2 Å². The molecule has 1 heterocycles. The first-order valence-electron chi connectivity index (χ1n) is 8.80. The van der Waals surface area contributed by atoms with Gasteiger partial charge in [0.15, 0.2) is 0 Å². The Balaban J connectivity index is 1.48. The Morgan fingerprint density at radius 2 is 1.76 bits per heavy atom. The zero-order valence-electron chi connectivity index (χ0n) is 14.5. The Morgan fingerprint density at radius 1 is 1.12 bits per heavy atom. The van der Waals surface area contributed by atoms with Gasteiger partial charge in [-0.25, -0.2) is 4.39 Å². The van der Waals surface area contributed by atoms with Crippen molar-refractivity contribution in [2.75, 3.05) is 31.5 Å². The van der Waals surface area contributed by atoms with E-state index in [0.717, 1.165) is 38.4 Å². The second kappa shape index (κ2) is 8.12. The van der Waals surface area contributed by atoms with Crippen LogP contribution < -0.4 is 10.2 Å². The van der Waals surface area contributed by atoms with E-state index in [9.17, 15) is 9.18 Å². The minimum atomic E-state index is -0.318. The van der Waals surface area contributed by atoms with Crippen LogP contribution in [0.5, 0.6) is 0 Å². The molecule has 0 spiro atoms. The summed E-state index contributed by atoms with van der Waals surface area (Å²) in [4.78, 5) is 16.0. The SMILES string of the molecule is C[C@H](Nc1ccc(F)cc1)C(=O)N1CC[NH+](Cc2ccccc2)CC1. The number of hydrogen-bond acceptors (Lipinski definition) is 2. The van der Waals surface area contributed by atoms with Crippen molar-refractivity contribution >= 4 is 11.6 Å². The largest absolute Gasteiger partial charge is 0.374 e. The minimum Gasteiger partial charge on any atom is -0.374 e. The molecule has 1 amide bonds. The van der Waals surface area contributed by atoms with Gasteiger partial charge in [-0.1, -0.05) is 30.3 Å². The highest BCUT2D eigenvalue weighted by Crippen LogP contribution is 2.11. The predicted octanol–water partition coefficient (Wildman–Crippen LogP) is 1.55. The molecular weight excluding hydrogens is 317 g/mol. The maximum Gasteiger partial charge on any atom is 0.245 e. The molecule has 2 aromatic carbocycles. The first kappa shape index (κ1) is 17.4. The van der Waals surface area contributed by atoms with Gasteiger partial charge in [-0.2, -0.15) is 0 Å². The molecule has 4 nitrogen and oxygen atoms in total. The van der Waals surface area contributed by atoms with Gasteiger partial charge < -0.3 is 15.1 Å². The average Bonchev–Trinajstić information content (AvgIpc) is 2.64. The summed E-state index contributed by atoms with van der Waals surface area (Å²) < 4.78 is 13.0. The number of rotatable bonds is 5. The highest BCUT2D eigenvalue weighted by molar-refractivity contribution is 5.84. The van der Waals surface area contributed by atoms with Crippen LogP contribution >= 0.6 is 0 Å². The molecule has 1 aliphatic heterocycles. The summed E-state index contributed by atoms with van der Waals surface area (Å²) in [5.74, 6) is -0.176. The zero-order valence-corrected chi connectivity index (χ0v) is 14.5. The molecule has 0 aliphatic carbocycles. The van der Waals surface area contributed by atoms with Gasteiger partial charge in [-0.3, -0.25) is 4.79 Å². The van der Waals surface area contributed by atoms with E-state index in [1.54, 1.807) is 12.1 Å². The molecule has 0 bridgehead atoms. The van der Waals surface area contributed by atoms with Crippen molar-refractivity contribution in [2.45, 2.75) is 19.5 Å². The third-order valence-electron chi connectivity index (χ3n) is 4.68. The lowest BCUT2D eigenvalue weighted by Crippen LogP contribution is -3.13. The molecule has 2 N–H and O–H groups in total. The van der Waals surface area contributed by atoms with Crippen LogP contribution in [-0.2, 0) is 11.3 Å². The second-order valence-electron chi connectivity index (χ2n) is 6.61. The monoisotopic (exact) mass is 342 g/mol. The van der Waals surface area contributed by atoms with Crippen molar-refractivity contribution in [3.63, 3.8) is 0 Å². The van der Waals surface area contributed by atoms with Crippen molar-refractivity contribution in [3.8, 4) is 0 Å². The van der Waals surface area contributed by atoms with Crippen LogP contribution in [0.2, 0.25) is 0 Å². The summed E-state index contributed by atoms with van der Waals surface area (Å²) in [6.45, 7) is 6.34. The highest BCUT2D eigenvalue weighted by Gasteiger charge is 2.26. The van der Waals surface area contributed by atoms with Crippen molar-refractivity contribution < 1.29 is 14.1 Å². The summed E-state index contributed by atoms with van der Waals surface area (Å²) in [7, 11) is 0. The van der Waals surface area contributed by atoms with E-state index in [-0.39, 0.29) is 17.8 Å². The molecule has 1 atom stereocenters. The number of carbonyl (C=O) groups is 1. The van der Waals surface area contributed by atoms with Gasteiger partial charge in [-0.15, -0.1) is 0 Å². The first-order chi connectivity index (χ1) is 12.1. The molecule has 1 aliphatic rings. The summed E-state index contributed by atoms with van der Waals surface area (Å²) in [6.07, 6.45) is 0. The quantitative estimate of drug-likeness (QED) is 0.865. The number of carbonyl (C=O) groups excluding carboxylic acids is 1. The number of piperazine rings is 1. The molecule has 25 heavy (non-hydrogen) atoms. The number of halogens is 1. The maximum absolute atomic E-state index is 13.0. The van der Waals surface area contributed by atoms with E-state index in [0.29, 0.717) is 0 Å². The standard InChI is InChI=1S/C20H24FN3O/c1-16(22-19-9-7-18(21)8-10-19)20(25)24-13-11-23(12-14-24)15-17-5-3-2-4-6-17/h2-10,16,22H,11-15H2,1H3/p+1/t16-/m0/s1. The van der Waals surface area contributed by atoms with Crippen LogP contribution in [0, 0.1) is 5.82 Å². The molecule has 0 aromatic heterocycles. The molecule has 5 heteroatoms. The Bertz CT molecular complexity index is 682. The fourth-order valence-corrected chi connectivity index (χ4v) is 3.24. The van der Waals surface area contributed by atoms with Crippen LogP contribution in [0.15, 0.2) is 54.6 Å². The highest BCUT2D eigenvalue weighted by atomic mass is 19.1. The summed E-state index contributed by atoms with van der Waals surface area (Å²) in [5, 5.41) is 3.15. The molecule has 0 unspecified atom stereocenters. The van der Waals surface area contributed by atoms with Crippen LogP contribution in [-0.4, -0.2) is 43.0 Å². The summed E-state index contributed by atoms with van der Waals surface area (Å²) in [6, 6.07) is 16.2. The number of hydrogen-bond donors (Lipinski definition) is 2. The predicted molar refractivity (Wildman–Crippen MR) is 96.9 cm³/mol. The number of nitrogens with zero attached hydrogens (tertiary/aromatic N) is 1. The van der Waals surface area contributed by atoms with E-state index >= 15 is 0 Å². The van der Waals surface area contributed by atoms with Crippen molar-refractivity contribution in [1.82, 2.24) is 4.90 Å². The summed E-state index contributed by atoms with van der Waals surface area (Å²) >= 11 is 0. The second-order valence-corrected chi connectivity index (χ2v) is 6.61. The average molecular weight is 342 g/mol. The zero-order chi connectivity index (χ0) is 17.6. The van der Waals surface area contributed by atoms with Gasteiger partial charge in [0.2, 0.25) is 5.91 Å². The maximum atomic E-state index is 13.0. The van der Waals surface area contributed by atoms with Crippen LogP contribution in [0.4, 0.5) is 10.1 Å². The topological polar surface area (TPSA) is 36.8 Å². The fourth-order valence-electron chi connectivity index (χ4n) is 3.24. The molecule has 0 saturated carbocycles. The Kier molecular flexibility index (Phi) is 5.66.